The maximum Gasteiger partial charge on any atom is 0.319 e. The molecule has 1 aromatic carbocycles. The molecule has 0 radical (unpaired) electrons. The zero-order valence-corrected chi connectivity index (χ0v) is 21.9. The molecule has 0 bridgehead atoms. The van der Waals surface area contributed by atoms with Crippen molar-refractivity contribution in [1.29, 1.82) is 5.26 Å². The molecule has 4 heterocycles. The number of hydrogen-bond acceptors (Lipinski definition) is 7. The van der Waals surface area contributed by atoms with Crippen molar-refractivity contribution in [3.63, 3.8) is 0 Å². The van der Waals surface area contributed by atoms with Gasteiger partial charge in [0.25, 0.3) is 0 Å². The molecule has 5 rings (SSSR count). The summed E-state index contributed by atoms with van der Waals surface area (Å²) in [6.45, 7) is 7.70. The summed E-state index contributed by atoms with van der Waals surface area (Å²) in [4.78, 5) is 41.7. The molecule has 1 saturated heterocycles. The van der Waals surface area contributed by atoms with E-state index in [4.69, 9.17) is 10.00 Å². The molecular formula is C27H29N5O4S. The van der Waals surface area contributed by atoms with Crippen LogP contribution >= 0.6 is 11.3 Å². The number of anilines is 1. The van der Waals surface area contributed by atoms with Crippen molar-refractivity contribution in [3.05, 3.63) is 52.7 Å². The number of aromatic nitrogens is 1. The van der Waals surface area contributed by atoms with E-state index in [-0.39, 0.29) is 11.8 Å². The lowest BCUT2D eigenvalue weighted by atomic mass is 9.82. The van der Waals surface area contributed by atoms with Crippen LogP contribution in [0.4, 0.5) is 9.80 Å². The molecule has 1 spiro atoms. The number of rotatable bonds is 3. The highest BCUT2D eigenvalue weighted by atomic mass is 32.1. The summed E-state index contributed by atoms with van der Waals surface area (Å²) in [6, 6.07) is 10.8. The molecule has 37 heavy (non-hydrogen) atoms. The molecule has 0 atom stereocenters. The number of likely N-dealkylation sites (tertiary alicyclic amines) is 1. The molecule has 2 aromatic heterocycles. The van der Waals surface area contributed by atoms with E-state index in [1.807, 2.05) is 39.0 Å². The Morgan fingerprint density at radius 3 is 2.70 bits per heavy atom. The second-order valence-electron chi connectivity index (χ2n) is 9.20. The number of Topliss-reactive ketones (excluding diaryl/α,β-unsaturated/α-hetero) is 1. The third-order valence-electron chi connectivity index (χ3n) is 6.58. The fourth-order valence-corrected chi connectivity index (χ4v) is 5.62. The first kappa shape index (κ1) is 26.1. The summed E-state index contributed by atoms with van der Waals surface area (Å²) in [5, 5.41) is 16.4. The molecule has 9 nitrogen and oxygen atoms in total. The number of thiophene rings is 1. The molecule has 3 aromatic rings. The lowest BCUT2D eigenvalue weighted by Crippen LogP contribution is -2.50. The predicted octanol–water partition coefficient (Wildman–Crippen LogP) is 4.57. The van der Waals surface area contributed by atoms with Gasteiger partial charge < -0.3 is 15.0 Å². The summed E-state index contributed by atoms with van der Waals surface area (Å²) in [6.07, 6.45) is 2.49. The SMILES string of the molecule is CCNC(=O)Nc1sc2nc(C)ccc2c1C.N#Cc1ccc2c(c1)C(=O)CC1(CCN(C=O)CC1)O2. The van der Waals surface area contributed by atoms with Gasteiger partial charge in [-0.3, -0.25) is 14.9 Å². The third-order valence-corrected chi connectivity index (χ3v) is 7.70. The van der Waals surface area contributed by atoms with Crippen molar-refractivity contribution >= 4 is 44.8 Å². The van der Waals surface area contributed by atoms with Crippen molar-refractivity contribution in [2.75, 3.05) is 25.0 Å². The van der Waals surface area contributed by atoms with E-state index < -0.39 is 5.60 Å². The van der Waals surface area contributed by atoms with E-state index in [1.165, 1.54) is 11.3 Å². The molecule has 1 fully saturated rings. The number of ether oxygens (including phenoxy) is 1. The van der Waals surface area contributed by atoms with Crippen molar-refractivity contribution in [2.24, 2.45) is 0 Å². The van der Waals surface area contributed by atoms with Gasteiger partial charge in [0, 0.05) is 43.6 Å². The van der Waals surface area contributed by atoms with Gasteiger partial charge in [-0.25, -0.2) is 9.78 Å². The number of fused-ring (bicyclic) bond motifs is 2. The number of carbonyl (C=O) groups is 3. The highest BCUT2D eigenvalue weighted by molar-refractivity contribution is 7.22. The number of aryl methyl sites for hydroxylation is 2. The second kappa shape index (κ2) is 11.0. The lowest BCUT2D eigenvalue weighted by molar-refractivity contribution is -0.121. The van der Waals surface area contributed by atoms with Gasteiger partial charge in [-0.1, -0.05) is 11.3 Å². The smallest absolute Gasteiger partial charge is 0.319 e. The molecule has 2 aliphatic rings. The number of ketones is 1. The number of benzene rings is 1. The summed E-state index contributed by atoms with van der Waals surface area (Å²) in [5.74, 6) is 0.572. The van der Waals surface area contributed by atoms with Gasteiger partial charge in [-0.05, 0) is 56.7 Å². The van der Waals surface area contributed by atoms with Crippen LogP contribution < -0.4 is 15.4 Å². The zero-order chi connectivity index (χ0) is 26.6. The quantitative estimate of drug-likeness (QED) is 0.489. The molecule has 0 aliphatic carbocycles. The average molecular weight is 520 g/mol. The Kier molecular flexibility index (Phi) is 7.74. The van der Waals surface area contributed by atoms with Crippen LogP contribution in [0.3, 0.4) is 0 Å². The highest BCUT2D eigenvalue weighted by Crippen LogP contribution is 2.39. The van der Waals surface area contributed by atoms with Crippen LogP contribution in [0.2, 0.25) is 0 Å². The fraction of sp³-hybridized carbons (Fsp3) is 0.370. The first-order valence-corrected chi connectivity index (χ1v) is 13.0. The molecular weight excluding hydrogens is 490 g/mol. The van der Waals surface area contributed by atoms with Gasteiger partial charge in [-0.15, -0.1) is 0 Å². The minimum absolute atomic E-state index is 0.0166. The first-order valence-electron chi connectivity index (χ1n) is 12.1. The normalized spacial score (nSPS) is 15.6. The van der Waals surface area contributed by atoms with Gasteiger partial charge in [0.15, 0.2) is 5.78 Å². The molecule has 10 heteroatoms. The van der Waals surface area contributed by atoms with Crippen molar-refractivity contribution in [3.8, 4) is 11.8 Å². The van der Waals surface area contributed by atoms with E-state index >= 15 is 0 Å². The molecule has 0 saturated carbocycles. The van der Waals surface area contributed by atoms with Crippen LogP contribution in [0.15, 0.2) is 30.3 Å². The number of urea groups is 1. The van der Waals surface area contributed by atoms with E-state index in [0.29, 0.717) is 55.8 Å². The average Bonchev–Trinajstić information content (AvgIpc) is 3.18. The monoisotopic (exact) mass is 519 g/mol. The maximum atomic E-state index is 12.3. The predicted molar refractivity (Wildman–Crippen MR) is 142 cm³/mol. The number of nitrogens with one attached hydrogen (secondary N) is 2. The number of pyridine rings is 1. The van der Waals surface area contributed by atoms with Gasteiger partial charge in [0.2, 0.25) is 6.41 Å². The Bertz CT molecular complexity index is 1390. The fourth-order valence-electron chi connectivity index (χ4n) is 4.50. The van der Waals surface area contributed by atoms with E-state index in [9.17, 15) is 14.4 Å². The minimum atomic E-state index is -0.488. The second-order valence-corrected chi connectivity index (χ2v) is 10.2. The van der Waals surface area contributed by atoms with E-state index in [1.54, 1.807) is 23.1 Å². The van der Waals surface area contributed by atoms with Crippen molar-refractivity contribution < 1.29 is 19.1 Å². The largest absolute Gasteiger partial charge is 0.486 e. The van der Waals surface area contributed by atoms with Gasteiger partial charge in [0.05, 0.1) is 23.6 Å². The Morgan fingerprint density at radius 1 is 1.27 bits per heavy atom. The minimum Gasteiger partial charge on any atom is -0.486 e. The molecule has 2 N–H and O–H groups in total. The standard InChI is InChI=1S/C15H14N2O3.C12H15N3OS/c16-9-11-1-2-14-12(7-11)13(19)8-15(20-14)3-5-17(10-18)6-4-15;1-4-13-12(16)15-10-8(3)9-6-5-7(2)14-11(9)17-10/h1-2,7,10H,3-6,8H2;5-6H,4H2,1-3H3,(H2,13,15,16). The number of amides is 3. The van der Waals surface area contributed by atoms with Crippen molar-refractivity contribution in [2.45, 2.75) is 45.6 Å². The number of nitriles is 1. The Labute approximate surface area is 219 Å². The third kappa shape index (κ3) is 5.73. The molecule has 192 valence electrons. The van der Waals surface area contributed by atoms with Crippen LogP contribution in [0.1, 0.15) is 53.4 Å². The van der Waals surface area contributed by atoms with Crippen LogP contribution in [0, 0.1) is 25.2 Å². The molecule has 2 aliphatic heterocycles. The molecule has 3 amide bonds. The lowest BCUT2D eigenvalue weighted by Gasteiger charge is -2.43. The van der Waals surface area contributed by atoms with Crippen LogP contribution in [-0.4, -0.2) is 53.3 Å². The van der Waals surface area contributed by atoms with E-state index in [0.717, 1.165) is 32.9 Å². The Morgan fingerprint density at radius 2 is 2.03 bits per heavy atom. The Balaban J connectivity index is 0.000000176. The van der Waals surface area contributed by atoms with Gasteiger partial charge >= 0.3 is 6.03 Å². The summed E-state index contributed by atoms with van der Waals surface area (Å²) in [5.41, 5.74) is 2.53. The van der Waals surface area contributed by atoms with Gasteiger partial charge in [-0.2, -0.15) is 5.26 Å². The van der Waals surface area contributed by atoms with E-state index in [2.05, 4.69) is 15.6 Å². The number of piperidine rings is 1. The first-order chi connectivity index (χ1) is 17.8. The van der Waals surface area contributed by atoms with Crippen LogP contribution in [0.25, 0.3) is 10.2 Å². The van der Waals surface area contributed by atoms with Crippen molar-refractivity contribution in [1.82, 2.24) is 15.2 Å². The number of nitrogens with zero attached hydrogens (tertiary/aromatic N) is 3. The summed E-state index contributed by atoms with van der Waals surface area (Å²) < 4.78 is 6.05. The maximum absolute atomic E-state index is 12.3. The highest BCUT2D eigenvalue weighted by Gasteiger charge is 2.42. The number of carbonyl (C=O) groups excluding carboxylic acids is 3. The summed E-state index contributed by atoms with van der Waals surface area (Å²) >= 11 is 1.51. The molecule has 0 unspecified atom stereocenters. The summed E-state index contributed by atoms with van der Waals surface area (Å²) in [7, 11) is 0. The van der Waals surface area contributed by atoms with Crippen LogP contribution in [0.5, 0.6) is 5.75 Å². The Hall–Kier alpha value is -3.97. The van der Waals surface area contributed by atoms with Crippen LogP contribution in [-0.2, 0) is 4.79 Å². The number of hydrogen-bond donors (Lipinski definition) is 2. The van der Waals surface area contributed by atoms with Gasteiger partial charge in [0.1, 0.15) is 21.2 Å². The topological polar surface area (TPSA) is 124 Å². The zero-order valence-electron chi connectivity index (χ0n) is 21.1.